The van der Waals surface area contributed by atoms with E-state index in [-0.39, 0.29) is 22.6 Å². The zero-order valence-corrected chi connectivity index (χ0v) is 21.4. The Kier molecular flexibility index (Phi) is 9.71. The van der Waals surface area contributed by atoms with Gasteiger partial charge in [-0.3, -0.25) is 0 Å². The van der Waals surface area contributed by atoms with Crippen molar-refractivity contribution in [1.82, 2.24) is 9.97 Å². The van der Waals surface area contributed by atoms with Crippen LogP contribution in [0, 0.1) is 6.92 Å². The van der Waals surface area contributed by atoms with Gasteiger partial charge in [-0.2, -0.15) is 4.98 Å². The number of fused-ring (bicyclic) bond motifs is 1. The van der Waals surface area contributed by atoms with Gasteiger partial charge in [-0.05, 0) is 49.2 Å². The van der Waals surface area contributed by atoms with Gasteiger partial charge in [0.25, 0.3) is 0 Å². The van der Waals surface area contributed by atoms with Gasteiger partial charge in [-0.1, -0.05) is 30.7 Å². The number of nitrogens with zero attached hydrogens (tertiary/aromatic N) is 2. The summed E-state index contributed by atoms with van der Waals surface area (Å²) in [6, 6.07) is 3.67. The summed E-state index contributed by atoms with van der Waals surface area (Å²) in [5.74, 6) is 0.854. The molecule has 4 rings (SSSR count). The van der Waals surface area contributed by atoms with Crippen molar-refractivity contribution in [1.29, 1.82) is 0 Å². The van der Waals surface area contributed by atoms with Gasteiger partial charge in [0.05, 0.1) is 54.4 Å². The van der Waals surface area contributed by atoms with E-state index >= 15 is 0 Å². The summed E-state index contributed by atoms with van der Waals surface area (Å²) in [6.07, 6.45) is 1.82. The van der Waals surface area contributed by atoms with Crippen molar-refractivity contribution in [3.8, 4) is 0 Å². The molecule has 13 heteroatoms. The van der Waals surface area contributed by atoms with E-state index in [2.05, 4.69) is 21.0 Å². The Morgan fingerprint density at radius 2 is 1.82 bits per heavy atom. The Morgan fingerprint density at radius 1 is 1.18 bits per heavy atom. The third-order valence-electron chi connectivity index (χ3n) is 5.48. The molecule has 0 bridgehead atoms. The molecule has 1 aliphatic carbocycles. The van der Waals surface area contributed by atoms with E-state index in [4.69, 9.17) is 63.1 Å². The highest BCUT2D eigenvalue weighted by Gasteiger charge is 2.42. The maximum absolute atomic E-state index is 6.41. The molecule has 0 aliphatic heterocycles. The molecule has 1 unspecified atom stereocenters. The van der Waals surface area contributed by atoms with Gasteiger partial charge < -0.3 is 15.5 Å². The molecule has 164 valence electrons. The van der Waals surface area contributed by atoms with Crippen LogP contribution in [0.15, 0.2) is 33.8 Å². The second-order valence-corrected chi connectivity index (χ2v) is 8.99. The summed E-state index contributed by atoms with van der Waals surface area (Å²) in [6.45, 7) is 6.35. The lowest BCUT2D eigenvalue weighted by molar-refractivity contribution is 0.518. The van der Waals surface area contributed by atoms with Gasteiger partial charge in [-0.15, -0.1) is 22.3 Å². The van der Waals surface area contributed by atoms with Gasteiger partial charge in [0.1, 0.15) is 27.3 Å². The van der Waals surface area contributed by atoms with Crippen molar-refractivity contribution in [2.24, 2.45) is 5.73 Å². The first-order valence-electron chi connectivity index (χ1n) is 10.7. The van der Waals surface area contributed by atoms with Crippen LogP contribution in [0.1, 0.15) is 42.4 Å². The third-order valence-corrected chi connectivity index (χ3v) is 7.05. The molecular weight excluding hydrogens is 457 g/mol. The number of nitrogens with one attached hydrogen (secondary N) is 1. The van der Waals surface area contributed by atoms with Crippen molar-refractivity contribution < 1.29 is 4.42 Å². The van der Waals surface area contributed by atoms with E-state index in [0.717, 1.165) is 20.9 Å². The Bertz CT molecular complexity index is 1150. The van der Waals surface area contributed by atoms with Crippen LogP contribution >= 0.6 is 22.9 Å². The van der Waals surface area contributed by atoms with Gasteiger partial charge in [0.15, 0.2) is 0 Å². The van der Waals surface area contributed by atoms with Crippen LogP contribution in [0.2, 0.25) is 15.7 Å². The molecule has 1 atom stereocenters. The number of thiophene rings is 1. The van der Waals surface area contributed by atoms with Crippen molar-refractivity contribution >= 4 is 86.0 Å². The molecule has 0 aromatic carbocycles. The molecule has 0 saturated carbocycles. The molecule has 0 fully saturated rings. The first kappa shape index (κ1) is 28.7. The number of furan rings is 1. The molecule has 3 aromatic heterocycles. The van der Waals surface area contributed by atoms with E-state index < -0.39 is 16.3 Å². The fourth-order valence-electron chi connectivity index (χ4n) is 3.71. The highest BCUT2D eigenvalue weighted by Crippen LogP contribution is 2.59. The van der Waals surface area contributed by atoms with E-state index in [1.165, 1.54) is 18.4 Å². The number of hydrogen-bond donors (Lipinski definition) is 2. The summed E-state index contributed by atoms with van der Waals surface area (Å²) in [5, 5.41) is 0.606. The smallest absolute Gasteiger partial charge is 0.224 e. The zero-order valence-electron chi connectivity index (χ0n) is 19.9. The normalized spacial score (nSPS) is 18.5. The minimum Gasteiger partial charge on any atom is -0.467 e. The first-order valence-corrected chi connectivity index (χ1v) is 11.9. The van der Waals surface area contributed by atoms with Crippen LogP contribution in [-0.2, 0) is 6.54 Å². The van der Waals surface area contributed by atoms with Crippen LogP contribution in [0.4, 0.5) is 5.82 Å². The maximum atomic E-state index is 6.41. The lowest BCUT2D eigenvalue weighted by Crippen LogP contribution is -2.37. The molecule has 0 saturated heterocycles. The number of nitrogens with two attached hydrogens (primary N) is 1. The maximum Gasteiger partial charge on any atom is 0.224 e. The largest absolute Gasteiger partial charge is 0.467 e. The lowest BCUT2D eigenvalue weighted by atomic mass is 9.29. The molecule has 1 aliphatic rings. The summed E-state index contributed by atoms with van der Waals surface area (Å²) in [5.41, 5.74) is 6.23. The van der Waals surface area contributed by atoms with E-state index in [0.29, 0.717) is 17.9 Å². The molecule has 3 aromatic rings. The van der Waals surface area contributed by atoms with Gasteiger partial charge >= 0.3 is 0 Å². The predicted octanol–water partition coefficient (Wildman–Crippen LogP) is 3.40. The van der Waals surface area contributed by atoms with Crippen molar-refractivity contribution in [2.75, 3.05) is 12.4 Å². The minimum atomic E-state index is -1.42. The summed E-state index contributed by atoms with van der Waals surface area (Å²) in [7, 11) is 38.9. The Balaban J connectivity index is 0.000000970. The number of aryl methyl sites for hydroxylation is 1. The van der Waals surface area contributed by atoms with Crippen LogP contribution in [0.3, 0.4) is 0 Å². The number of allylic oxidation sites excluding steroid dienone is 2. The van der Waals surface area contributed by atoms with Gasteiger partial charge in [0.2, 0.25) is 5.28 Å². The zero-order chi connectivity index (χ0) is 25.8. The molecule has 0 amide bonds. The predicted molar refractivity (Wildman–Crippen MR) is 149 cm³/mol. The van der Waals surface area contributed by atoms with Gasteiger partial charge in [-0.25, -0.2) is 4.98 Å². The topological polar surface area (TPSA) is 77.0 Å². The van der Waals surface area contributed by atoms with E-state index in [1.54, 1.807) is 6.26 Å². The Hall–Kier alpha value is -1.50. The van der Waals surface area contributed by atoms with E-state index in [1.807, 2.05) is 32.9 Å². The number of halogens is 1. The van der Waals surface area contributed by atoms with Crippen LogP contribution in [-0.4, -0.2) is 64.1 Å². The molecule has 3 heterocycles. The van der Waals surface area contributed by atoms with Crippen molar-refractivity contribution in [2.45, 2.75) is 50.1 Å². The summed E-state index contributed by atoms with van der Waals surface area (Å²) < 4.78 is 6.17. The SMILES string of the molecule is CC.CN.[B]C1=C([B])C([B])([B])C(c2sc3c(NCc4ccco4)nc(Cl)nc3c2C)CC1([B])[B]. The quantitative estimate of drug-likeness (QED) is 0.443. The molecule has 12 radical (unpaired) electrons. The number of rotatable bonds is 4. The van der Waals surface area contributed by atoms with Crippen LogP contribution in [0.25, 0.3) is 10.2 Å². The highest BCUT2D eigenvalue weighted by atomic mass is 35.5. The number of anilines is 1. The summed E-state index contributed by atoms with van der Waals surface area (Å²) in [4.78, 5) is 9.59. The third kappa shape index (κ3) is 5.49. The summed E-state index contributed by atoms with van der Waals surface area (Å²) >= 11 is 7.62. The number of hydrogen-bond acceptors (Lipinski definition) is 6. The molecule has 0 spiro atoms. The molecule has 34 heavy (non-hydrogen) atoms. The van der Waals surface area contributed by atoms with Gasteiger partial charge in [0, 0.05) is 4.88 Å². The van der Waals surface area contributed by atoms with Crippen molar-refractivity contribution in [3.05, 3.63) is 50.8 Å². The average Bonchev–Trinajstić information content (AvgIpc) is 3.45. The average molecular weight is 480 g/mol. The highest BCUT2D eigenvalue weighted by molar-refractivity contribution is 7.20. The second kappa shape index (κ2) is 11.5. The monoisotopic (exact) mass is 480 g/mol. The van der Waals surface area contributed by atoms with Crippen molar-refractivity contribution in [3.63, 3.8) is 0 Å². The standard InChI is InChI=1S/C18H12B6ClN3OS.C2H6.CH5N/c1-7-10-12(15(28-16(25)27-10)26-6-8-3-2-4-29-8)30-11(7)9-5-17(21,22)13(19)14(20)18(9,23)24;2*1-2/h2-4,9H,5-6H2,1H3,(H,26,27,28);1-2H3;2H2,1H3. The van der Waals surface area contributed by atoms with Crippen LogP contribution in [0.5, 0.6) is 0 Å². The minimum absolute atomic E-state index is 0.0842. The lowest BCUT2D eigenvalue weighted by Gasteiger charge is -2.50. The Morgan fingerprint density at radius 3 is 2.41 bits per heavy atom. The fourth-order valence-corrected chi connectivity index (χ4v) is 5.28. The fraction of sp³-hybridized carbons (Fsp3) is 0.429. The molecule has 3 N–H and O–H groups in total. The van der Waals surface area contributed by atoms with E-state index in [9.17, 15) is 0 Å². The first-order chi connectivity index (χ1) is 16.0. The Labute approximate surface area is 218 Å². The second-order valence-electron chi connectivity index (χ2n) is 7.60. The number of aromatic nitrogens is 2. The van der Waals surface area contributed by atoms with Crippen LogP contribution < -0.4 is 11.1 Å². The molecule has 5 nitrogen and oxygen atoms in total. The molecular formula is C21H23B6ClN4OS.